The van der Waals surface area contributed by atoms with Crippen molar-refractivity contribution in [2.75, 3.05) is 11.5 Å². The number of rotatable bonds is 17. The Hall–Kier alpha value is -0.220. The van der Waals surface area contributed by atoms with E-state index in [1.54, 1.807) is 0 Å². The van der Waals surface area contributed by atoms with Crippen molar-refractivity contribution in [2.24, 2.45) is 5.73 Å². The zero-order valence-electron chi connectivity index (χ0n) is 14.5. The van der Waals surface area contributed by atoms with Gasteiger partial charge < -0.3 is 10.8 Å². The summed E-state index contributed by atoms with van der Waals surface area (Å²) in [5.41, 5.74) is 5.46. The predicted molar refractivity (Wildman–Crippen MR) is 98.6 cm³/mol. The van der Waals surface area contributed by atoms with Crippen LogP contribution in [0.3, 0.4) is 0 Å². The van der Waals surface area contributed by atoms with Gasteiger partial charge in [0.25, 0.3) is 0 Å². The highest BCUT2D eigenvalue weighted by atomic mass is 32.2. The highest BCUT2D eigenvalue weighted by Crippen LogP contribution is 2.13. The first kappa shape index (κ1) is 21.8. The fourth-order valence-electron chi connectivity index (χ4n) is 2.48. The van der Waals surface area contributed by atoms with Gasteiger partial charge in [0.05, 0.1) is 0 Å². The van der Waals surface area contributed by atoms with E-state index >= 15 is 0 Å². The summed E-state index contributed by atoms with van der Waals surface area (Å²) in [6, 6.07) is -0.686. The van der Waals surface area contributed by atoms with Gasteiger partial charge in [0, 0.05) is 0 Å². The standard InChI is InChI=1S/C18H37NO2S/c1-2-3-4-5-6-7-8-9-10-11-12-13-15-22-16-14-17(19)18(20)21/h17H,2-16,19H2,1H3,(H,20,21). The normalized spacial score (nSPS) is 12.5. The van der Waals surface area contributed by atoms with Crippen molar-refractivity contribution in [3.05, 3.63) is 0 Å². The van der Waals surface area contributed by atoms with Crippen molar-refractivity contribution in [3.8, 4) is 0 Å². The van der Waals surface area contributed by atoms with Crippen molar-refractivity contribution in [3.63, 3.8) is 0 Å². The molecule has 0 rings (SSSR count). The zero-order chi connectivity index (χ0) is 16.5. The van der Waals surface area contributed by atoms with Crippen LogP contribution >= 0.6 is 11.8 Å². The van der Waals surface area contributed by atoms with Crippen LogP contribution in [0.4, 0.5) is 0 Å². The Morgan fingerprint density at radius 2 is 1.32 bits per heavy atom. The van der Waals surface area contributed by atoms with Gasteiger partial charge in [-0.2, -0.15) is 11.8 Å². The summed E-state index contributed by atoms with van der Waals surface area (Å²) in [5.74, 6) is 1.13. The zero-order valence-corrected chi connectivity index (χ0v) is 15.3. The number of carboxylic acid groups (broad SMARTS) is 1. The van der Waals surface area contributed by atoms with Crippen molar-refractivity contribution in [2.45, 2.75) is 96.4 Å². The molecule has 132 valence electrons. The van der Waals surface area contributed by atoms with Gasteiger partial charge in [-0.3, -0.25) is 4.79 Å². The second-order valence-corrected chi connectivity index (χ2v) is 7.46. The molecular weight excluding hydrogens is 294 g/mol. The molecule has 1 atom stereocenters. The molecule has 0 spiro atoms. The molecular formula is C18H37NO2S. The topological polar surface area (TPSA) is 63.3 Å². The van der Waals surface area contributed by atoms with E-state index in [-0.39, 0.29) is 0 Å². The smallest absolute Gasteiger partial charge is 0.320 e. The minimum absolute atomic E-state index is 0.582. The Labute approximate surface area is 141 Å². The lowest BCUT2D eigenvalue weighted by molar-refractivity contribution is -0.138. The van der Waals surface area contributed by atoms with Crippen LogP contribution in [0.2, 0.25) is 0 Å². The SMILES string of the molecule is CCCCCCCCCCCCCCSCCC(N)C(=O)O. The van der Waals surface area contributed by atoms with Crippen LogP contribution in [0, 0.1) is 0 Å². The van der Waals surface area contributed by atoms with Gasteiger partial charge in [0.1, 0.15) is 6.04 Å². The Morgan fingerprint density at radius 1 is 0.864 bits per heavy atom. The minimum Gasteiger partial charge on any atom is -0.480 e. The summed E-state index contributed by atoms with van der Waals surface area (Å²) < 4.78 is 0. The molecule has 1 unspecified atom stereocenters. The van der Waals surface area contributed by atoms with E-state index in [9.17, 15) is 4.79 Å². The van der Waals surface area contributed by atoms with Crippen LogP contribution in [0.15, 0.2) is 0 Å². The number of nitrogens with two attached hydrogens (primary N) is 1. The monoisotopic (exact) mass is 331 g/mol. The molecule has 3 N–H and O–H groups in total. The number of aliphatic carboxylic acids is 1. The Morgan fingerprint density at radius 3 is 1.77 bits per heavy atom. The highest BCUT2D eigenvalue weighted by Gasteiger charge is 2.09. The molecule has 0 fully saturated rings. The van der Waals surface area contributed by atoms with E-state index in [1.807, 2.05) is 11.8 Å². The van der Waals surface area contributed by atoms with Crippen LogP contribution in [-0.2, 0) is 4.79 Å². The van der Waals surface area contributed by atoms with Gasteiger partial charge in [0.15, 0.2) is 0 Å². The molecule has 0 aliphatic carbocycles. The third kappa shape index (κ3) is 16.2. The molecule has 0 aromatic carbocycles. The van der Waals surface area contributed by atoms with Crippen LogP contribution in [0.5, 0.6) is 0 Å². The summed E-state index contributed by atoms with van der Waals surface area (Å²) in [6.45, 7) is 2.27. The maximum Gasteiger partial charge on any atom is 0.320 e. The van der Waals surface area contributed by atoms with Crippen LogP contribution in [-0.4, -0.2) is 28.6 Å². The van der Waals surface area contributed by atoms with Gasteiger partial charge in [-0.25, -0.2) is 0 Å². The largest absolute Gasteiger partial charge is 0.480 e. The summed E-state index contributed by atoms with van der Waals surface area (Å²) in [5, 5.41) is 8.66. The average Bonchev–Trinajstić information content (AvgIpc) is 2.50. The molecule has 4 heteroatoms. The number of carboxylic acids is 1. The third-order valence-corrected chi connectivity index (χ3v) is 5.13. The lowest BCUT2D eigenvalue weighted by atomic mass is 10.1. The fraction of sp³-hybridized carbons (Fsp3) is 0.944. The van der Waals surface area contributed by atoms with Crippen LogP contribution < -0.4 is 5.73 Å². The molecule has 0 aliphatic rings. The lowest BCUT2D eigenvalue weighted by Gasteiger charge is -2.06. The summed E-state index contributed by atoms with van der Waals surface area (Å²) in [7, 11) is 0. The van der Waals surface area contributed by atoms with Crippen LogP contribution in [0.25, 0.3) is 0 Å². The van der Waals surface area contributed by atoms with Crippen molar-refractivity contribution < 1.29 is 9.90 Å². The summed E-state index contributed by atoms with van der Waals surface area (Å²) >= 11 is 1.84. The van der Waals surface area contributed by atoms with E-state index in [2.05, 4.69) is 6.92 Å². The van der Waals surface area contributed by atoms with Gasteiger partial charge in [-0.15, -0.1) is 0 Å². The molecule has 0 saturated carbocycles. The molecule has 0 heterocycles. The van der Waals surface area contributed by atoms with E-state index < -0.39 is 12.0 Å². The first-order valence-corrected chi connectivity index (χ1v) is 10.4. The van der Waals surface area contributed by atoms with Gasteiger partial charge in [0.2, 0.25) is 0 Å². The van der Waals surface area contributed by atoms with Gasteiger partial charge in [-0.1, -0.05) is 77.6 Å². The molecule has 0 amide bonds. The summed E-state index contributed by atoms with van der Waals surface area (Å²) in [4.78, 5) is 10.5. The molecule has 0 bridgehead atoms. The maximum absolute atomic E-state index is 10.5. The van der Waals surface area contributed by atoms with Crippen molar-refractivity contribution >= 4 is 17.7 Å². The molecule has 0 aliphatic heterocycles. The molecule has 3 nitrogen and oxygen atoms in total. The molecule has 0 saturated heterocycles. The first-order chi connectivity index (χ1) is 10.7. The van der Waals surface area contributed by atoms with Gasteiger partial charge >= 0.3 is 5.97 Å². The number of thioether (sulfide) groups is 1. The van der Waals surface area contributed by atoms with E-state index in [0.29, 0.717) is 6.42 Å². The molecule has 22 heavy (non-hydrogen) atoms. The predicted octanol–water partition coefficient (Wildman–Crippen LogP) is 5.22. The highest BCUT2D eigenvalue weighted by molar-refractivity contribution is 7.99. The number of hydrogen-bond acceptors (Lipinski definition) is 3. The Balaban J connectivity index is 3.04. The maximum atomic E-state index is 10.5. The quantitative estimate of drug-likeness (QED) is 0.359. The van der Waals surface area contributed by atoms with Gasteiger partial charge in [-0.05, 0) is 24.3 Å². The number of unbranched alkanes of at least 4 members (excludes halogenated alkanes) is 11. The molecule has 0 aromatic rings. The molecule has 0 radical (unpaired) electrons. The van der Waals surface area contributed by atoms with Crippen molar-refractivity contribution in [1.82, 2.24) is 0 Å². The number of hydrogen-bond donors (Lipinski definition) is 2. The summed E-state index contributed by atoms with van der Waals surface area (Å²) in [6.07, 6.45) is 17.1. The third-order valence-electron chi connectivity index (χ3n) is 4.03. The fourth-order valence-corrected chi connectivity index (χ4v) is 3.51. The first-order valence-electron chi connectivity index (χ1n) is 9.24. The van der Waals surface area contributed by atoms with Crippen LogP contribution in [0.1, 0.15) is 90.4 Å². The van der Waals surface area contributed by atoms with Crippen molar-refractivity contribution in [1.29, 1.82) is 0 Å². The number of carbonyl (C=O) groups is 1. The minimum atomic E-state index is -0.883. The van der Waals surface area contributed by atoms with E-state index in [1.165, 1.54) is 77.0 Å². The second kappa shape index (κ2) is 17.1. The lowest BCUT2D eigenvalue weighted by Crippen LogP contribution is -2.30. The van der Waals surface area contributed by atoms with E-state index in [0.717, 1.165) is 11.5 Å². The Bertz CT molecular complexity index is 249. The second-order valence-electron chi connectivity index (χ2n) is 6.23. The average molecular weight is 332 g/mol. The Kier molecular flexibility index (Phi) is 17.0. The van der Waals surface area contributed by atoms with E-state index in [4.69, 9.17) is 10.8 Å². The molecule has 0 aromatic heterocycles.